The van der Waals surface area contributed by atoms with Gasteiger partial charge in [0.25, 0.3) is 5.91 Å². The van der Waals surface area contributed by atoms with Crippen LogP contribution in [-0.2, 0) is 17.9 Å². The number of hydrogen-bond acceptors (Lipinski definition) is 6. The third-order valence-electron chi connectivity index (χ3n) is 4.62. The van der Waals surface area contributed by atoms with Crippen molar-refractivity contribution in [2.24, 2.45) is 5.73 Å². The van der Waals surface area contributed by atoms with Gasteiger partial charge in [-0.05, 0) is 30.8 Å². The van der Waals surface area contributed by atoms with Gasteiger partial charge in [0.1, 0.15) is 11.6 Å². The van der Waals surface area contributed by atoms with E-state index in [1.807, 2.05) is 36.5 Å². The minimum Gasteiger partial charge on any atom is -0.484 e. The molecule has 3 N–H and O–H groups in total. The van der Waals surface area contributed by atoms with Crippen LogP contribution in [0.2, 0.25) is 0 Å². The Hall–Kier alpha value is -2.64. The molecule has 1 aliphatic rings. The molecular formula is C20H27N5O2. The summed E-state index contributed by atoms with van der Waals surface area (Å²) in [6.07, 6.45) is 1.86. The van der Waals surface area contributed by atoms with Crippen LogP contribution in [0.15, 0.2) is 42.6 Å². The number of carbonyl (C=O) groups is 1. The van der Waals surface area contributed by atoms with Crippen molar-refractivity contribution >= 4 is 11.7 Å². The van der Waals surface area contributed by atoms with E-state index in [0.29, 0.717) is 5.75 Å². The zero-order valence-corrected chi connectivity index (χ0v) is 15.7. The van der Waals surface area contributed by atoms with Crippen molar-refractivity contribution in [3.63, 3.8) is 0 Å². The first-order valence-corrected chi connectivity index (χ1v) is 9.20. The number of amides is 1. The molecule has 0 unspecified atom stereocenters. The highest BCUT2D eigenvalue weighted by Crippen LogP contribution is 2.19. The largest absolute Gasteiger partial charge is 0.484 e. The lowest BCUT2D eigenvalue weighted by Crippen LogP contribution is -2.45. The second-order valence-electron chi connectivity index (χ2n) is 6.78. The molecule has 1 fully saturated rings. The highest BCUT2D eigenvalue weighted by Gasteiger charge is 2.17. The van der Waals surface area contributed by atoms with E-state index < -0.39 is 5.91 Å². The zero-order valence-electron chi connectivity index (χ0n) is 15.7. The maximum atomic E-state index is 10.7. The Morgan fingerprint density at radius 3 is 2.59 bits per heavy atom. The standard InChI is InChI=1S/C20H27N5O2/c1-24-9-11-25(12-10-24)20-17(3-2-8-23-20)14-22-13-16-4-6-18(7-5-16)27-15-19(21)26/h2-8,22H,9-15H2,1H3,(H2,21,26). The highest BCUT2D eigenvalue weighted by molar-refractivity contribution is 5.75. The normalized spacial score (nSPS) is 14.9. The van der Waals surface area contributed by atoms with Gasteiger partial charge in [0, 0.05) is 51.0 Å². The molecule has 144 valence electrons. The Bertz CT molecular complexity index is 742. The summed E-state index contributed by atoms with van der Waals surface area (Å²) < 4.78 is 5.27. The average Bonchev–Trinajstić information content (AvgIpc) is 2.68. The number of rotatable bonds is 8. The maximum absolute atomic E-state index is 10.7. The van der Waals surface area contributed by atoms with Crippen LogP contribution in [0.1, 0.15) is 11.1 Å². The molecule has 1 saturated heterocycles. The molecular weight excluding hydrogens is 342 g/mol. The molecule has 0 aliphatic carbocycles. The van der Waals surface area contributed by atoms with Gasteiger partial charge in [0.2, 0.25) is 0 Å². The van der Waals surface area contributed by atoms with Gasteiger partial charge in [0.05, 0.1) is 0 Å². The Morgan fingerprint density at radius 1 is 1.15 bits per heavy atom. The lowest BCUT2D eigenvalue weighted by molar-refractivity contribution is -0.119. The van der Waals surface area contributed by atoms with Crippen LogP contribution < -0.4 is 20.7 Å². The van der Waals surface area contributed by atoms with Gasteiger partial charge in [-0.3, -0.25) is 4.79 Å². The number of likely N-dealkylation sites (N-methyl/N-ethyl adjacent to an activating group) is 1. The Labute approximate surface area is 160 Å². The molecule has 1 aliphatic heterocycles. The quantitative estimate of drug-likeness (QED) is 0.722. The topological polar surface area (TPSA) is 83.7 Å². The molecule has 2 aromatic rings. The highest BCUT2D eigenvalue weighted by atomic mass is 16.5. The number of nitrogens with zero attached hydrogens (tertiary/aromatic N) is 3. The molecule has 27 heavy (non-hydrogen) atoms. The summed E-state index contributed by atoms with van der Waals surface area (Å²) in [5.41, 5.74) is 7.44. The second-order valence-corrected chi connectivity index (χ2v) is 6.78. The molecule has 0 radical (unpaired) electrons. The number of primary amides is 1. The van der Waals surface area contributed by atoms with Crippen LogP contribution >= 0.6 is 0 Å². The van der Waals surface area contributed by atoms with Crippen LogP contribution in [0.4, 0.5) is 5.82 Å². The van der Waals surface area contributed by atoms with E-state index >= 15 is 0 Å². The SMILES string of the molecule is CN1CCN(c2ncccc2CNCc2ccc(OCC(N)=O)cc2)CC1. The first kappa shape index (κ1) is 19.1. The molecule has 1 amide bonds. The fourth-order valence-electron chi connectivity index (χ4n) is 3.07. The molecule has 0 saturated carbocycles. The van der Waals surface area contributed by atoms with Gasteiger partial charge >= 0.3 is 0 Å². The second kappa shape index (κ2) is 9.34. The number of anilines is 1. The van der Waals surface area contributed by atoms with E-state index in [1.54, 1.807) is 0 Å². The van der Waals surface area contributed by atoms with Crippen LogP contribution in [0.25, 0.3) is 0 Å². The molecule has 3 rings (SSSR count). The Morgan fingerprint density at radius 2 is 1.89 bits per heavy atom. The van der Waals surface area contributed by atoms with E-state index in [-0.39, 0.29) is 6.61 Å². The number of hydrogen-bond donors (Lipinski definition) is 2. The smallest absolute Gasteiger partial charge is 0.255 e. The molecule has 1 aromatic heterocycles. The summed E-state index contributed by atoms with van der Waals surface area (Å²) in [6, 6.07) is 11.8. The number of aromatic nitrogens is 1. The maximum Gasteiger partial charge on any atom is 0.255 e. The van der Waals surface area contributed by atoms with Gasteiger partial charge in [0.15, 0.2) is 6.61 Å². The molecule has 0 spiro atoms. The minimum absolute atomic E-state index is 0.104. The van der Waals surface area contributed by atoms with Crippen molar-refractivity contribution in [3.8, 4) is 5.75 Å². The molecule has 7 heteroatoms. The van der Waals surface area contributed by atoms with Gasteiger partial charge in [-0.2, -0.15) is 0 Å². The average molecular weight is 369 g/mol. The van der Waals surface area contributed by atoms with Crippen LogP contribution in [0.5, 0.6) is 5.75 Å². The Kier molecular flexibility index (Phi) is 6.62. The lowest BCUT2D eigenvalue weighted by atomic mass is 10.2. The van der Waals surface area contributed by atoms with Gasteiger partial charge in [-0.25, -0.2) is 4.98 Å². The minimum atomic E-state index is -0.478. The first-order valence-electron chi connectivity index (χ1n) is 9.20. The number of carbonyl (C=O) groups excluding carboxylic acids is 1. The van der Waals surface area contributed by atoms with Crippen LogP contribution in [0, 0.1) is 0 Å². The summed E-state index contributed by atoms with van der Waals surface area (Å²) >= 11 is 0. The fraction of sp³-hybridized carbons (Fsp3) is 0.400. The number of benzene rings is 1. The first-order chi connectivity index (χ1) is 13.1. The summed E-state index contributed by atoms with van der Waals surface area (Å²) in [4.78, 5) is 20.1. The summed E-state index contributed by atoms with van der Waals surface area (Å²) in [5.74, 6) is 1.24. The summed E-state index contributed by atoms with van der Waals surface area (Å²) in [7, 11) is 2.16. The molecule has 0 atom stereocenters. The summed E-state index contributed by atoms with van der Waals surface area (Å²) in [5, 5.41) is 3.48. The monoisotopic (exact) mass is 369 g/mol. The number of pyridine rings is 1. The molecule has 2 heterocycles. The van der Waals surface area contributed by atoms with Crippen molar-refractivity contribution in [2.45, 2.75) is 13.1 Å². The lowest BCUT2D eigenvalue weighted by Gasteiger charge is -2.34. The number of piperazine rings is 1. The Balaban J connectivity index is 1.52. The third-order valence-corrected chi connectivity index (χ3v) is 4.62. The van der Waals surface area contributed by atoms with Crippen molar-refractivity contribution in [1.29, 1.82) is 0 Å². The van der Waals surface area contributed by atoms with Crippen molar-refractivity contribution in [1.82, 2.24) is 15.2 Å². The number of nitrogens with two attached hydrogens (primary N) is 1. The van der Waals surface area contributed by atoms with Crippen molar-refractivity contribution < 1.29 is 9.53 Å². The fourth-order valence-corrected chi connectivity index (χ4v) is 3.07. The van der Waals surface area contributed by atoms with E-state index in [9.17, 15) is 4.79 Å². The number of nitrogens with one attached hydrogen (secondary N) is 1. The predicted octanol–water partition coefficient (Wildman–Crippen LogP) is 0.987. The molecule has 0 bridgehead atoms. The van der Waals surface area contributed by atoms with E-state index in [0.717, 1.165) is 50.6 Å². The predicted molar refractivity (Wildman–Crippen MR) is 106 cm³/mol. The van der Waals surface area contributed by atoms with Crippen LogP contribution in [0.3, 0.4) is 0 Å². The third kappa shape index (κ3) is 5.67. The molecule has 7 nitrogen and oxygen atoms in total. The number of ether oxygens (including phenoxy) is 1. The van der Waals surface area contributed by atoms with Gasteiger partial charge < -0.3 is 25.6 Å². The van der Waals surface area contributed by atoms with Gasteiger partial charge in [-0.1, -0.05) is 18.2 Å². The van der Waals surface area contributed by atoms with E-state index in [2.05, 4.69) is 33.2 Å². The van der Waals surface area contributed by atoms with Crippen LogP contribution in [-0.4, -0.2) is 55.6 Å². The summed E-state index contributed by atoms with van der Waals surface area (Å²) in [6.45, 7) is 5.54. The van der Waals surface area contributed by atoms with E-state index in [1.165, 1.54) is 5.56 Å². The van der Waals surface area contributed by atoms with Gasteiger partial charge in [-0.15, -0.1) is 0 Å². The van der Waals surface area contributed by atoms with Crippen molar-refractivity contribution in [2.75, 3.05) is 44.7 Å². The molecule has 1 aromatic carbocycles. The zero-order chi connectivity index (χ0) is 19.1. The van der Waals surface area contributed by atoms with E-state index in [4.69, 9.17) is 10.5 Å². The van der Waals surface area contributed by atoms with Crippen molar-refractivity contribution in [3.05, 3.63) is 53.7 Å².